The summed E-state index contributed by atoms with van der Waals surface area (Å²) in [6, 6.07) is 2.35. The van der Waals surface area contributed by atoms with Gasteiger partial charge in [-0.3, -0.25) is 9.69 Å². The number of ether oxygens (including phenoxy) is 2. The number of aliphatic hydroxyl groups excluding tert-OH is 3. The van der Waals surface area contributed by atoms with Gasteiger partial charge < -0.3 is 41.2 Å². The molecule has 0 radical (unpaired) electrons. The van der Waals surface area contributed by atoms with Crippen LogP contribution >= 0.6 is 23.4 Å². The highest BCUT2D eigenvalue weighted by Crippen LogP contribution is 2.31. The lowest BCUT2D eigenvalue weighted by molar-refractivity contribution is -0.205. The number of nitrogen functional groups attached to an aromatic ring is 1. The van der Waals surface area contributed by atoms with Crippen LogP contribution in [0.3, 0.4) is 0 Å². The van der Waals surface area contributed by atoms with E-state index in [4.69, 9.17) is 26.8 Å². The van der Waals surface area contributed by atoms with E-state index < -0.39 is 47.3 Å². The minimum atomic E-state index is -1.42. The molecule has 4 heterocycles. The molecule has 10 atom stereocenters. The minimum Gasteiger partial charge on any atom is -0.388 e. The van der Waals surface area contributed by atoms with Crippen LogP contribution in [0.5, 0.6) is 0 Å². The van der Waals surface area contributed by atoms with Crippen molar-refractivity contribution < 1.29 is 29.6 Å². The van der Waals surface area contributed by atoms with Crippen LogP contribution in [-0.4, -0.2) is 117 Å². The fourth-order valence-corrected chi connectivity index (χ4v) is 6.06. The van der Waals surface area contributed by atoms with E-state index in [1.807, 2.05) is 6.07 Å². The summed E-state index contributed by atoms with van der Waals surface area (Å²) in [5.41, 5.74) is 5.99. The van der Waals surface area contributed by atoms with E-state index in [2.05, 4.69) is 20.5 Å². The Labute approximate surface area is 220 Å². The second-order valence-corrected chi connectivity index (χ2v) is 11.3. The number of nitrogens with zero attached hydrogens (tertiary/aromatic N) is 2. The number of carbonyl (C=O) groups excluding carboxylic acids is 1. The van der Waals surface area contributed by atoms with Crippen molar-refractivity contribution in [3.63, 3.8) is 0 Å². The number of aliphatic hydroxyl groups is 3. The zero-order chi connectivity index (χ0) is 26.0. The summed E-state index contributed by atoms with van der Waals surface area (Å²) in [7, 11) is 0. The molecule has 0 aliphatic carbocycles. The number of rotatable bonds is 7. The Bertz CT molecular complexity index is 883. The molecule has 1 aromatic heterocycles. The van der Waals surface area contributed by atoms with Crippen molar-refractivity contribution in [1.82, 2.24) is 20.5 Å². The summed E-state index contributed by atoms with van der Waals surface area (Å²) in [6.07, 6.45) is -1.90. The fourth-order valence-electron chi connectivity index (χ4n) is 5.18. The van der Waals surface area contributed by atoms with Gasteiger partial charge in [0.1, 0.15) is 41.7 Å². The maximum Gasteiger partial charge on any atom is 0.240 e. The highest BCUT2D eigenvalue weighted by atomic mass is 35.5. The van der Waals surface area contributed by atoms with Crippen molar-refractivity contribution in [2.75, 3.05) is 38.2 Å². The van der Waals surface area contributed by atoms with Crippen LogP contribution in [0.25, 0.3) is 0 Å². The summed E-state index contributed by atoms with van der Waals surface area (Å²) in [5.74, 6) is 0.275. The average molecular weight is 546 g/mol. The Morgan fingerprint density at radius 1 is 1.36 bits per heavy atom. The molecule has 36 heavy (non-hydrogen) atoms. The first-order valence-corrected chi connectivity index (χ1v) is 13.9. The van der Waals surface area contributed by atoms with Gasteiger partial charge in [0.15, 0.2) is 0 Å². The summed E-state index contributed by atoms with van der Waals surface area (Å²) in [6.45, 7) is 4.97. The zero-order valence-corrected chi connectivity index (χ0v) is 21.9. The Morgan fingerprint density at radius 2 is 2.14 bits per heavy atom. The average Bonchev–Trinajstić information content (AvgIpc) is 3.14. The summed E-state index contributed by atoms with van der Waals surface area (Å²) >= 11 is 7.62. The van der Waals surface area contributed by atoms with Crippen molar-refractivity contribution in [2.45, 2.75) is 66.9 Å². The van der Waals surface area contributed by atoms with Gasteiger partial charge in [-0.15, -0.1) is 23.4 Å². The maximum atomic E-state index is 13.4. The van der Waals surface area contributed by atoms with E-state index in [1.165, 1.54) is 11.8 Å². The first-order valence-electron chi connectivity index (χ1n) is 12.1. The van der Waals surface area contributed by atoms with Gasteiger partial charge in [-0.2, -0.15) is 0 Å². The molecule has 3 fully saturated rings. The standard InChI is InChI=1S/C23H36ClN5O6S/c1-11(24)15(21-18(31)17(30)19(32)23(35-21)36-2)28-22(33)16-20-13(8-27-16)10-29(5-6-34-20)9-12-3-4-14(25)26-7-12/h3-4,7,11,13,15-21,23,27,30-32H,5-6,8-10H2,1-2H3,(H2,25,26)(H,28,33)/t11-,13+,15+,16-,17+,18?,19+,20+,21+,23?/m0/s1. The number of carbonyl (C=O) groups is 1. The topological polar surface area (TPSA) is 162 Å². The first-order chi connectivity index (χ1) is 17.2. The number of halogens is 1. The van der Waals surface area contributed by atoms with Crippen molar-refractivity contribution in [3.8, 4) is 0 Å². The molecule has 3 saturated heterocycles. The number of hydrogen-bond donors (Lipinski definition) is 6. The molecule has 202 valence electrons. The largest absolute Gasteiger partial charge is 0.388 e. The summed E-state index contributed by atoms with van der Waals surface area (Å²) in [4.78, 5) is 19.8. The van der Waals surface area contributed by atoms with Gasteiger partial charge in [-0.1, -0.05) is 6.07 Å². The predicted molar refractivity (Wildman–Crippen MR) is 136 cm³/mol. The van der Waals surface area contributed by atoms with Gasteiger partial charge in [0, 0.05) is 38.3 Å². The van der Waals surface area contributed by atoms with Crippen molar-refractivity contribution in [3.05, 3.63) is 23.9 Å². The van der Waals surface area contributed by atoms with E-state index in [0.717, 1.165) is 18.7 Å². The number of alkyl halides is 1. The van der Waals surface area contributed by atoms with Crippen LogP contribution in [0.2, 0.25) is 0 Å². The fraction of sp³-hybridized carbons (Fsp3) is 0.739. The van der Waals surface area contributed by atoms with Crippen LogP contribution in [0, 0.1) is 5.92 Å². The highest BCUT2D eigenvalue weighted by Gasteiger charge is 2.49. The van der Waals surface area contributed by atoms with Gasteiger partial charge in [-0.05, 0) is 24.8 Å². The monoisotopic (exact) mass is 545 g/mol. The van der Waals surface area contributed by atoms with E-state index in [-0.39, 0.29) is 17.9 Å². The lowest BCUT2D eigenvalue weighted by Crippen LogP contribution is -2.65. The molecule has 11 nitrogen and oxygen atoms in total. The quantitative estimate of drug-likeness (QED) is 0.227. The molecular formula is C23H36ClN5O6S. The summed E-state index contributed by atoms with van der Waals surface area (Å²) in [5, 5.41) is 36.7. The Balaban J connectivity index is 1.40. The van der Waals surface area contributed by atoms with Gasteiger partial charge in [-0.25, -0.2) is 4.98 Å². The van der Waals surface area contributed by atoms with Crippen LogP contribution in [0.4, 0.5) is 5.82 Å². The summed E-state index contributed by atoms with van der Waals surface area (Å²) < 4.78 is 12.0. The lowest BCUT2D eigenvalue weighted by Gasteiger charge is -2.44. The molecule has 0 bridgehead atoms. The third-order valence-electron chi connectivity index (χ3n) is 7.14. The molecule has 7 N–H and O–H groups in total. The number of pyridine rings is 1. The van der Waals surface area contributed by atoms with Gasteiger partial charge >= 0.3 is 0 Å². The maximum absolute atomic E-state index is 13.4. The molecule has 3 aliphatic heterocycles. The minimum absolute atomic E-state index is 0.103. The molecular weight excluding hydrogens is 510 g/mol. The SMILES string of the molecule is CSC1O[C@H]([C@H](NC(=O)[C@H]2NC[C@@H]3CN(Cc4ccc(N)nc4)CCO[C@H]32)[C@H](C)Cl)C(O)[C@@H](O)[C@H]1O. The second-order valence-electron chi connectivity index (χ2n) is 9.70. The van der Waals surface area contributed by atoms with Gasteiger partial charge in [0.2, 0.25) is 5.91 Å². The van der Waals surface area contributed by atoms with E-state index in [1.54, 1.807) is 25.4 Å². The van der Waals surface area contributed by atoms with Crippen molar-refractivity contribution in [1.29, 1.82) is 0 Å². The molecule has 3 aliphatic rings. The van der Waals surface area contributed by atoms with Crippen LogP contribution in [-0.2, 0) is 20.8 Å². The van der Waals surface area contributed by atoms with Crippen molar-refractivity contribution in [2.24, 2.45) is 5.92 Å². The second kappa shape index (κ2) is 12.1. The lowest BCUT2D eigenvalue weighted by atomic mass is 9.92. The molecule has 0 aromatic carbocycles. The number of anilines is 1. The molecule has 1 amide bonds. The third-order valence-corrected chi connectivity index (χ3v) is 8.26. The van der Waals surface area contributed by atoms with Crippen molar-refractivity contribution >= 4 is 35.1 Å². The Kier molecular flexibility index (Phi) is 9.34. The number of nitrogens with one attached hydrogen (secondary N) is 2. The number of hydrogen-bond acceptors (Lipinski definition) is 11. The molecule has 0 spiro atoms. The highest BCUT2D eigenvalue weighted by molar-refractivity contribution is 7.99. The molecule has 2 unspecified atom stereocenters. The van der Waals surface area contributed by atoms with Gasteiger partial charge in [0.05, 0.1) is 24.1 Å². The normalized spacial score (nSPS) is 37.1. The van der Waals surface area contributed by atoms with E-state index in [0.29, 0.717) is 25.5 Å². The first kappa shape index (κ1) is 27.8. The number of fused-ring (bicyclic) bond motifs is 1. The van der Waals surface area contributed by atoms with Crippen LogP contribution in [0.1, 0.15) is 12.5 Å². The number of aromatic nitrogens is 1. The molecule has 4 rings (SSSR count). The molecule has 0 saturated carbocycles. The predicted octanol–water partition coefficient (Wildman–Crippen LogP) is -1.26. The molecule has 1 aromatic rings. The Hall–Kier alpha value is -1.22. The van der Waals surface area contributed by atoms with Crippen LogP contribution < -0.4 is 16.4 Å². The van der Waals surface area contributed by atoms with E-state index >= 15 is 0 Å². The van der Waals surface area contributed by atoms with Crippen LogP contribution in [0.15, 0.2) is 18.3 Å². The zero-order valence-electron chi connectivity index (χ0n) is 20.4. The van der Waals surface area contributed by atoms with Gasteiger partial charge in [0.25, 0.3) is 0 Å². The number of thioether (sulfide) groups is 1. The number of nitrogens with two attached hydrogens (primary N) is 1. The smallest absolute Gasteiger partial charge is 0.240 e. The Morgan fingerprint density at radius 3 is 2.81 bits per heavy atom. The molecule has 13 heteroatoms. The third kappa shape index (κ3) is 6.08. The number of amides is 1. The van der Waals surface area contributed by atoms with E-state index in [9.17, 15) is 20.1 Å².